The van der Waals surface area contributed by atoms with E-state index in [2.05, 4.69) is 4.99 Å². The van der Waals surface area contributed by atoms with Crippen LogP contribution in [0, 0.1) is 5.82 Å². The molecule has 6 heteroatoms. The van der Waals surface area contributed by atoms with Crippen molar-refractivity contribution in [1.82, 2.24) is 0 Å². The number of phenols is 2. The van der Waals surface area contributed by atoms with Crippen molar-refractivity contribution in [2.24, 2.45) is 4.99 Å². The molecule has 0 spiro atoms. The summed E-state index contributed by atoms with van der Waals surface area (Å²) < 4.78 is 13.5. The molecule has 0 radical (unpaired) electrons. The molecular formula is C17H16FNO4. The van der Waals surface area contributed by atoms with Crippen molar-refractivity contribution in [2.75, 3.05) is 6.54 Å². The van der Waals surface area contributed by atoms with E-state index in [1.54, 1.807) is 12.1 Å². The number of nitrogens with zero attached hydrogens (tertiary/aromatic N) is 1. The van der Waals surface area contributed by atoms with Gasteiger partial charge in [0.2, 0.25) is 0 Å². The lowest BCUT2D eigenvalue weighted by Gasteiger charge is -2.10. The Morgan fingerprint density at radius 3 is 2.43 bits per heavy atom. The normalized spacial score (nSPS) is 11.4. The smallest absolute Gasteiger partial charge is 0.303 e. The second-order valence-corrected chi connectivity index (χ2v) is 4.94. The van der Waals surface area contributed by atoms with Gasteiger partial charge < -0.3 is 15.3 Å². The number of halogens is 1. The minimum absolute atomic E-state index is 0.0263. The number of aliphatic carboxylic acids is 1. The SMILES string of the molecule is O=C(O)CCCN=C(c1ccc(O)cc1)c1cc(F)ccc1O. The molecule has 0 aliphatic carbocycles. The van der Waals surface area contributed by atoms with Gasteiger partial charge in [0.15, 0.2) is 0 Å². The third-order valence-electron chi connectivity index (χ3n) is 3.17. The molecule has 0 fully saturated rings. The lowest BCUT2D eigenvalue weighted by Crippen LogP contribution is -2.06. The molecule has 0 aromatic heterocycles. The fourth-order valence-corrected chi connectivity index (χ4v) is 2.07. The lowest BCUT2D eigenvalue weighted by molar-refractivity contribution is -0.137. The predicted molar refractivity (Wildman–Crippen MR) is 83.5 cm³/mol. The zero-order valence-corrected chi connectivity index (χ0v) is 12.2. The van der Waals surface area contributed by atoms with Crippen LogP contribution in [0.4, 0.5) is 4.39 Å². The van der Waals surface area contributed by atoms with E-state index < -0.39 is 11.8 Å². The number of aliphatic imine (C=N–C) groups is 1. The van der Waals surface area contributed by atoms with Crippen LogP contribution in [0.3, 0.4) is 0 Å². The maximum atomic E-state index is 13.5. The highest BCUT2D eigenvalue weighted by Crippen LogP contribution is 2.23. The predicted octanol–water partition coefficient (Wildman–Crippen LogP) is 2.94. The molecule has 2 aromatic carbocycles. The highest BCUT2D eigenvalue weighted by atomic mass is 19.1. The molecule has 0 aliphatic heterocycles. The van der Waals surface area contributed by atoms with Crippen molar-refractivity contribution in [1.29, 1.82) is 0 Å². The summed E-state index contributed by atoms with van der Waals surface area (Å²) in [5.74, 6) is -1.49. The largest absolute Gasteiger partial charge is 0.508 e. The van der Waals surface area contributed by atoms with E-state index in [4.69, 9.17) is 5.11 Å². The van der Waals surface area contributed by atoms with Crippen LogP contribution in [0.25, 0.3) is 0 Å². The Hall–Kier alpha value is -2.89. The van der Waals surface area contributed by atoms with Crippen LogP contribution >= 0.6 is 0 Å². The fourth-order valence-electron chi connectivity index (χ4n) is 2.07. The molecule has 120 valence electrons. The van der Waals surface area contributed by atoms with Crippen molar-refractivity contribution >= 4 is 11.7 Å². The molecule has 2 rings (SSSR count). The number of hydrogen-bond acceptors (Lipinski definition) is 4. The van der Waals surface area contributed by atoms with Gasteiger partial charge >= 0.3 is 5.97 Å². The van der Waals surface area contributed by atoms with E-state index >= 15 is 0 Å². The number of carboxylic acid groups (broad SMARTS) is 1. The number of carboxylic acids is 1. The summed E-state index contributed by atoms with van der Waals surface area (Å²) in [4.78, 5) is 14.9. The van der Waals surface area contributed by atoms with Gasteiger partial charge in [0.1, 0.15) is 17.3 Å². The van der Waals surface area contributed by atoms with Crippen LogP contribution in [0.2, 0.25) is 0 Å². The second-order valence-electron chi connectivity index (χ2n) is 4.94. The van der Waals surface area contributed by atoms with E-state index in [1.807, 2.05) is 0 Å². The molecular weight excluding hydrogens is 301 g/mol. The van der Waals surface area contributed by atoms with Gasteiger partial charge in [0.05, 0.1) is 5.71 Å². The second kappa shape index (κ2) is 7.40. The summed E-state index contributed by atoms with van der Waals surface area (Å²) in [6.07, 6.45) is 0.300. The third-order valence-corrected chi connectivity index (χ3v) is 3.17. The summed E-state index contributed by atoms with van der Waals surface area (Å²) in [6.45, 7) is 0.221. The van der Waals surface area contributed by atoms with Gasteiger partial charge in [-0.05, 0) is 48.9 Å². The number of carbonyl (C=O) groups is 1. The first-order valence-electron chi connectivity index (χ1n) is 7.02. The molecule has 0 bridgehead atoms. The van der Waals surface area contributed by atoms with Gasteiger partial charge in [-0.3, -0.25) is 9.79 Å². The van der Waals surface area contributed by atoms with E-state index in [0.29, 0.717) is 17.7 Å². The van der Waals surface area contributed by atoms with Crippen molar-refractivity contribution in [2.45, 2.75) is 12.8 Å². The van der Waals surface area contributed by atoms with Crippen molar-refractivity contribution in [3.8, 4) is 11.5 Å². The summed E-state index contributed by atoms with van der Waals surface area (Å²) in [6, 6.07) is 9.63. The Morgan fingerprint density at radius 2 is 1.78 bits per heavy atom. The van der Waals surface area contributed by atoms with Crippen LogP contribution in [0.5, 0.6) is 11.5 Å². The fraction of sp³-hybridized carbons (Fsp3) is 0.176. The van der Waals surface area contributed by atoms with E-state index in [0.717, 1.165) is 12.1 Å². The molecule has 2 aromatic rings. The summed E-state index contributed by atoms with van der Waals surface area (Å²) >= 11 is 0. The number of phenolic OH excluding ortho intramolecular Hbond substituents is 2. The highest BCUT2D eigenvalue weighted by molar-refractivity contribution is 6.14. The number of benzene rings is 2. The molecule has 0 atom stereocenters. The Bertz CT molecular complexity index is 726. The van der Waals surface area contributed by atoms with Gasteiger partial charge in [0, 0.05) is 24.1 Å². The number of rotatable bonds is 6. The third kappa shape index (κ3) is 4.54. The van der Waals surface area contributed by atoms with E-state index in [1.165, 1.54) is 18.2 Å². The Labute approximate surface area is 132 Å². The first kappa shape index (κ1) is 16.5. The minimum atomic E-state index is -0.917. The minimum Gasteiger partial charge on any atom is -0.508 e. The topological polar surface area (TPSA) is 90.1 Å². The standard InChI is InChI=1S/C17H16FNO4/c18-12-5-8-15(21)14(10-12)17(19-9-1-2-16(22)23)11-3-6-13(20)7-4-11/h3-8,10,20-21H,1-2,9H2,(H,22,23). The van der Waals surface area contributed by atoms with Crippen LogP contribution in [-0.2, 0) is 4.79 Å². The molecule has 0 saturated heterocycles. The van der Waals surface area contributed by atoms with Crippen LogP contribution in [0.15, 0.2) is 47.5 Å². The first-order valence-corrected chi connectivity index (χ1v) is 7.02. The highest BCUT2D eigenvalue weighted by Gasteiger charge is 2.13. The first-order chi connectivity index (χ1) is 11.0. The molecule has 0 saturated carbocycles. The van der Waals surface area contributed by atoms with Gasteiger partial charge in [0.25, 0.3) is 0 Å². The zero-order valence-electron chi connectivity index (χ0n) is 12.2. The van der Waals surface area contributed by atoms with Crippen molar-refractivity contribution in [3.05, 3.63) is 59.4 Å². The Balaban J connectivity index is 2.38. The summed E-state index contributed by atoms with van der Waals surface area (Å²) in [7, 11) is 0. The van der Waals surface area contributed by atoms with Gasteiger partial charge in [-0.25, -0.2) is 4.39 Å². The lowest BCUT2D eigenvalue weighted by atomic mass is 10.0. The average molecular weight is 317 g/mol. The average Bonchev–Trinajstić information content (AvgIpc) is 2.51. The Morgan fingerprint density at radius 1 is 1.09 bits per heavy atom. The monoisotopic (exact) mass is 317 g/mol. The van der Waals surface area contributed by atoms with Crippen LogP contribution < -0.4 is 0 Å². The van der Waals surface area contributed by atoms with Crippen molar-refractivity contribution < 1.29 is 24.5 Å². The quantitative estimate of drug-likeness (QED) is 0.564. The molecule has 0 amide bonds. The molecule has 0 heterocycles. The zero-order chi connectivity index (χ0) is 16.8. The van der Waals surface area contributed by atoms with Gasteiger partial charge in [-0.15, -0.1) is 0 Å². The summed E-state index contributed by atoms with van der Waals surface area (Å²) in [5, 5.41) is 28.0. The van der Waals surface area contributed by atoms with Crippen LogP contribution in [-0.4, -0.2) is 33.5 Å². The van der Waals surface area contributed by atoms with Gasteiger partial charge in [-0.1, -0.05) is 0 Å². The van der Waals surface area contributed by atoms with E-state index in [-0.39, 0.29) is 30.0 Å². The van der Waals surface area contributed by atoms with Gasteiger partial charge in [-0.2, -0.15) is 0 Å². The molecule has 3 N–H and O–H groups in total. The maximum absolute atomic E-state index is 13.5. The molecule has 5 nitrogen and oxygen atoms in total. The van der Waals surface area contributed by atoms with E-state index in [9.17, 15) is 19.4 Å². The number of hydrogen-bond donors (Lipinski definition) is 3. The molecule has 0 aliphatic rings. The molecule has 0 unspecified atom stereocenters. The summed E-state index contributed by atoms with van der Waals surface area (Å²) in [5.41, 5.74) is 1.14. The van der Waals surface area contributed by atoms with Crippen molar-refractivity contribution in [3.63, 3.8) is 0 Å². The maximum Gasteiger partial charge on any atom is 0.303 e. The number of aromatic hydroxyl groups is 2. The molecule has 23 heavy (non-hydrogen) atoms. The Kier molecular flexibility index (Phi) is 5.30. The van der Waals surface area contributed by atoms with Crippen LogP contribution in [0.1, 0.15) is 24.0 Å².